The summed E-state index contributed by atoms with van der Waals surface area (Å²) in [5.41, 5.74) is 0.239. The molecule has 3 rings (SSSR count). The van der Waals surface area contributed by atoms with Gasteiger partial charge in [0.25, 0.3) is 6.43 Å². The van der Waals surface area contributed by atoms with Crippen LogP contribution in [0.4, 0.5) is 14.6 Å². The Morgan fingerprint density at radius 3 is 2.95 bits per heavy atom. The Balaban J connectivity index is 1.93. The number of rotatable bonds is 4. The fourth-order valence-corrected chi connectivity index (χ4v) is 2.73. The lowest BCUT2D eigenvalue weighted by Crippen LogP contribution is -2.37. The summed E-state index contributed by atoms with van der Waals surface area (Å²) in [6.45, 7) is 1.95. The lowest BCUT2D eigenvalue weighted by atomic mass is 10.0. The molecule has 1 aliphatic carbocycles. The molecule has 1 fully saturated rings. The molecule has 0 spiro atoms. The average Bonchev–Trinajstić information content (AvgIpc) is 3.17. The maximum atomic E-state index is 13.2. The zero-order chi connectivity index (χ0) is 14.3. The first kappa shape index (κ1) is 13.3. The number of halogens is 2. The van der Waals surface area contributed by atoms with Crippen molar-refractivity contribution < 1.29 is 18.3 Å². The Hall–Kier alpha value is -1.66. The highest BCUT2D eigenvalue weighted by Gasteiger charge is 2.41. The number of esters is 1. The van der Waals surface area contributed by atoms with Gasteiger partial charge in [0.15, 0.2) is 0 Å². The van der Waals surface area contributed by atoms with Gasteiger partial charge in [0, 0.05) is 6.04 Å². The van der Waals surface area contributed by atoms with Crippen molar-refractivity contribution in [1.29, 1.82) is 0 Å². The van der Waals surface area contributed by atoms with Crippen molar-refractivity contribution in [3.63, 3.8) is 0 Å². The molecule has 7 heteroatoms. The molecule has 110 valence electrons. The maximum absolute atomic E-state index is 13.2. The van der Waals surface area contributed by atoms with Gasteiger partial charge in [-0.3, -0.25) is 0 Å². The van der Waals surface area contributed by atoms with E-state index in [0.29, 0.717) is 18.2 Å². The zero-order valence-corrected chi connectivity index (χ0v) is 11.2. The first-order chi connectivity index (χ1) is 9.61. The third kappa shape index (κ3) is 2.25. The number of nitrogens with one attached hydrogen (secondary N) is 1. The van der Waals surface area contributed by atoms with E-state index in [1.54, 1.807) is 6.92 Å². The van der Waals surface area contributed by atoms with Gasteiger partial charge in [-0.1, -0.05) is 0 Å². The van der Waals surface area contributed by atoms with Crippen molar-refractivity contribution in [3.05, 3.63) is 11.8 Å². The molecule has 0 unspecified atom stereocenters. The second-order valence-corrected chi connectivity index (χ2v) is 5.30. The topological polar surface area (TPSA) is 56.1 Å². The van der Waals surface area contributed by atoms with Crippen LogP contribution in [0.3, 0.4) is 0 Å². The molecule has 1 aromatic rings. The van der Waals surface area contributed by atoms with Crippen LogP contribution in [0.1, 0.15) is 42.6 Å². The summed E-state index contributed by atoms with van der Waals surface area (Å²) in [6.07, 6.45) is 1.27. The average molecular weight is 285 g/mol. The monoisotopic (exact) mass is 285 g/mol. The number of hydrogen-bond donors (Lipinski definition) is 1. The molecule has 1 aliphatic heterocycles. The first-order valence-corrected chi connectivity index (χ1v) is 6.91. The van der Waals surface area contributed by atoms with Crippen LogP contribution in [0, 0.1) is 5.92 Å². The molecule has 0 radical (unpaired) electrons. The summed E-state index contributed by atoms with van der Waals surface area (Å²) in [6, 6.07) is -0.980. The number of hydrogen-bond acceptors (Lipinski definition) is 4. The molecule has 0 saturated heterocycles. The molecule has 1 N–H and O–H groups in total. The van der Waals surface area contributed by atoms with Gasteiger partial charge in [-0.15, -0.1) is 0 Å². The summed E-state index contributed by atoms with van der Waals surface area (Å²) in [5, 5.41) is 7.15. The highest BCUT2D eigenvalue weighted by molar-refractivity contribution is 5.94. The van der Waals surface area contributed by atoms with Gasteiger partial charge in [0.05, 0.1) is 12.8 Å². The Morgan fingerprint density at radius 1 is 1.60 bits per heavy atom. The normalized spacial score (nSPS) is 25.2. The Labute approximate surface area is 115 Å². The van der Waals surface area contributed by atoms with Crippen LogP contribution < -0.4 is 5.32 Å². The van der Waals surface area contributed by atoms with E-state index in [0.717, 1.165) is 12.8 Å². The molecule has 0 bridgehead atoms. The van der Waals surface area contributed by atoms with Crippen molar-refractivity contribution in [3.8, 4) is 0 Å². The standard InChI is InChI=1S/C13H17F2N3O2/c1-2-20-13(19)8-6-16-18-10(11(14)15)5-9(7-3-4-7)17-12(8)18/h6-7,9-11,17H,2-5H2,1H3/t9-,10+/m1/s1. The van der Waals surface area contributed by atoms with Gasteiger partial charge in [-0.25, -0.2) is 18.3 Å². The van der Waals surface area contributed by atoms with E-state index in [4.69, 9.17) is 4.74 Å². The number of fused-ring (bicyclic) bond motifs is 1. The predicted molar refractivity (Wildman–Crippen MR) is 68.0 cm³/mol. The molecule has 1 saturated carbocycles. The molecule has 2 heterocycles. The number of carbonyl (C=O) groups excluding carboxylic acids is 1. The minimum atomic E-state index is -2.49. The van der Waals surface area contributed by atoms with E-state index in [9.17, 15) is 13.6 Å². The molecule has 1 aromatic heterocycles. The van der Waals surface area contributed by atoms with E-state index in [1.165, 1.54) is 10.9 Å². The molecule has 20 heavy (non-hydrogen) atoms. The molecule has 2 aliphatic rings. The summed E-state index contributed by atoms with van der Waals surface area (Å²) in [7, 11) is 0. The number of ether oxygens (including phenoxy) is 1. The quantitative estimate of drug-likeness (QED) is 0.863. The summed E-state index contributed by atoms with van der Waals surface area (Å²) >= 11 is 0. The van der Waals surface area contributed by atoms with Crippen LogP contribution >= 0.6 is 0 Å². The van der Waals surface area contributed by atoms with Gasteiger partial charge in [0.1, 0.15) is 17.4 Å². The second kappa shape index (κ2) is 5.03. The second-order valence-electron chi connectivity index (χ2n) is 5.30. The van der Waals surface area contributed by atoms with Crippen molar-refractivity contribution in [1.82, 2.24) is 9.78 Å². The highest BCUT2D eigenvalue weighted by Crippen LogP contribution is 2.42. The molecule has 0 aromatic carbocycles. The van der Waals surface area contributed by atoms with Crippen LogP contribution in [0.5, 0.6) is 0 Å². The van der Waals surface area contributed by atoms with Crippen LogP contribution in [-0.4, -0.2) is 34.8 Å². The van der Waals surface area contributed by atoms with Gasteiger partial charge >= 0.3 is 5.97 Å². The predicted octanol–water partition coefficient (Wildman–Crippen LogP) is 2.46. The first-order valence-electron chi connectivity index (χ1n) is 6.91. The van der Waals surface area contributed by atoms with Gasteiger partial charge in [-0.2, -0.15) is 5.10 Å². The largest absolute Gasteiger partial charge is 0.462 e. The molecule has 2 atom stereocenters. The van der Waals surface area contributed by atoms with Gasteiger partial charge < -0.3 is 10.1 Å². The maximum Gasteiger partial charge on any atom is 0.343 e. The fourth-order valence-electron chi connectivity index (χ4n) is 2.73. The third-order valence-electron chi connectivity index (χ3n) is 3.90. The SMILES string of the molecule is CCOC(=O)c1cnn2c1N[C@@H](C1CC1)C[C@H]2C(F)F. The Morgan fingerprint density at radius 2 is 2.35 bits per heavy atom. The number of nitrogens with zero attached hydrogens (tertiary/aromatic N) is 2. The Kier molecular flexibility index (Phi) is 3.35. The van der Waals surface area contributed by atoms with E-state index in [1.807, 2.05) is 0 Å². The number of anilines is 1. The van der Waals surface area contributed by atoms with Crippen molar-refractivity contribution in [2.75, 3.05) is 11.9 Å². The van der Waals surface area contributed by atoms with Crippen molar-refractivity contribution in [2.24, 2.45) is 5.92 Å². The fraction of sp³-hybridized carbons (Fsp3) is 0.692. The number of aromatic nitrogens is 2. The highest BCUT2D eigenvalue weighted by atomic mass is 19.3. The number of carbonyl (C=O) groups is 1. The van der Waals surface area contributed by atoms with E-state index < -0.39 is 18.4 Å². The lowest BCUT2D eigenvalue weighted by Gasteiger charge is -2.32. The Bertz CT molecular complexity index is 514. The minimum absolute atomic E-state index is 0.00798. The summed E-state index contributed by atoms with van der Waals surface area (Å²) < 4.78 is 32.6. The molecule has 0 amide bonds. The van der Waals surface area contributed by atoms with Crippen LogP contribution in [-0.2, 0) is 4.74 Å². The van der Waals surface area contributed by atoms with Crippen LogP contribution in [0.15, 0.2) is 6.20 Å². The van der Waals surface area contributed by atoms with E-state index >= 15 is 0 Å². The van der Waals surface area contributed by atoms with Gasteiger partial charge in [0.2, 0.25) is 0 Å². The molecule has 5 nitrogen and oxygen atoms in total. The zero-order valence-electron chi connectivity index (χ0n) is 11.2. The van der Waals surface area contributed by atoms with Crippen molar-refractivity contribution in [2.45, 2.75) is 44.7 Å². The van der Waals surface area contributed by atoms with E-state index in [-0.39, 0.29) is 18.2 Å². The minimum Gasteiger partial charge on any atom is -0.462 e. The summed E-state index contributed by atoms with van der Waals surface area (Å²) in [4.78, 5) is 11.8. The molecular formula is C13H17F2N3O2. The smallest absolute Gasteiger partial charge is 0.343 e. The van der Waals surface area contributed by atoms with E-state index in [2.05, 4.69) is 10.4 Å². The van der Waals surface area contributed by atoms with Crippen molar-refractivity contribution >= 4 is 11.8 Å². The van der Waals surface area contributed by atoms with Crippen LogP contribution in [0.25, 0.3) is 0 Å². The number of alkyl halides is 2. The third-order valence-corrected chi connectivity index (χ3v) is 3.90. The summed E-state index contributed by atoms with van der Waals surface area (Å²) in [5.74, 6) is 0.276. The van der Waals surface area contributed by atoms with Crippen LogP contribution in [0.2, 0.25) is 0 Å². The molecular weight excluding hydrogens is 268 g/mol. The lowest BCUT2D eigenvalue weighted by molar-refractivity contribution is 0.0521. The van der Waals surface area contributed by atoms with Gasteiger partial charge in [-0.05, 0) is 32.1 Å².